The van der Waals surface area contributed by atoms with E-state index < -0.39 is 17.0 Å². The molecule has 0 radical (unpaired) electrons. The van der Waals surface area contributed by atoms with Crippen molar-refractivity contribution in [1.29, 1.82) is 0 Å². The van der Waals surface area contributed by atoms with Crippen molar-refractivity contribution in [2.24, 2.45) is 14.1 Å². The van der Waals surface area contributed by atoms with Gasteiger partial charge in [-0.25, -0.2) is 4.79 Å². The van der Waals surface area contributed by atoms with E-state index in [-0.39, 0.29) is 24.0 Å². The van der Waals surface area contributed by atoms with E-state index in [4.69, 9.17) is 10.3 Å². The molecule has 0 spiro atoms. The van der Waals surface area contributed by atoms with Crippen LogP contribution >= 0.6 is 0 Å². The molecule has 2 aromatic rings. The molecule has 0 aliphatic carbocycles. The van der Waals surface area contributed by atoms with Crippen LogP contribution in [-0.2, 0) is 14.1 Å². The molecule has 2 aromatic heterocycles. The Kier molecular flexibility index (Phi) is 4.34. The first-order chi connectivity index (χ1) is 11.8. The summed E-state index contributed by atoms with van der Waals surface area (Å²) in [6.45, 7) is 2.58. The molecular formula is C16H21N5O4. The Morgan fingerprint density at radius 1 is 1.36 bits per heavy atom. The first-order valence-electron chi connectivity index (χ1n) is 8.07. The van der Waals surface area contributed by atoms with Gasteiger partial charge in [-0.15, -0.1) is 0 Å². The standard InChI is InChI=1S/C16H21N5O4/c1-9-7-12(25-18-9)10-5-4-6-21(10)8-11(22)13-14(17)19(2)16(24)20(3)15(13)23/h7,10H,4-6,8,17H2,1-3H3/t10-/m1/s1. The number of nitrogen functional groups attached to an aromatic ring is 1. The van der Waals surface area contributed by atoms with Gasteiger partial charge in [0.2, 0.25) is 0 Å². The Bertz CT molecular complexity index is 939. The van der Waals surface area contributed by atoms with Crippen molar-refractivity contribution >= 4 is 11.6 Å². The van der Waals surface area contributed by atoms with Crippen LogP contribution in [0, 0.1) is 6.92 Å². The number of hydrogen-bond acceptors (Lipinski definition) is 7. The molecule has 1 fully saturated rings. The summed E-state index contributed by atoms with van der Waals surface area (Å²) >= 11 is 0. The summed E-state index contributed by atoms with van der Waals surface area (Å²) in [5.41, 5.74) is 5.26. The molecule has 9 nitrogen and oxygen atoms in total. The average Bonchev–Trinajstić information content (AvgIpc) is 3.20. The van der Waals surface area contributed by atoms with Crippen LogP contribution in [0.4, 0.5) is 5.82 Å². The molecule has 25 heavy (non-hydrogen) atoms. The van der Waals surface area contributed by atoms with E-state index >= 15 is 0 Å². The number of hydrogen-bond donors (Lipinski definition) is 1. The number of nitrogens with two attached hydrogens (primary N) is 1. The quantitative estimate of drug-likeness (QED) is 0.773. The summed E-state index contributed by atoms with van der Waals surface area (Å²) in [4.78, 5) is 38.9. The average molecular weight is 347 g/mol. The van der Waals surface area contributed by atoms with Crippen molar-refractivity contribution in [3.63, 3.8) is 0 Å². The van der Waals surface area contributed by atoms with Gasteiger partial charge in [0.1, 0.15) is 11.4 Å². The number of carbonyl (C=O) groups excluding carboxylic acids is 1. The Hall–Kier alpha value is -2.68. The van der Waals surface area contributed by atoms with Crippen molar-refractivity contribution in [3.05, 3.63) is 43.9 Å². The van der Waals surface area contributed by atoms with E-state index in [9.17, 15) is 14.4 Å². The highest BCUT2D eigenvalue weighted by Gasteiger charge is 2.32. The summed E-state index contributed by atoms with van der Waals surface area (Å²) < 4.78 is 7.33. The molecule has 0 saturated carbocycles. The van der Waals surface area contributed by atoms with Crippen molar-refractivity contribution in [1.82, 2.24) is 19.2 Å². The van der Waals surface area contributed by atoms with Gasteiger partial charge in [-0.2, -0.15) is 0 Å². The fraction of sp³-hybridized carbons (Fsp3) is 0.500. The molecule has 1 aliphatic heterocycles. The third-order valence-corrected chi connectivity index (χ3v) is 4.67. The lowest BCUT2D eigenvalue weighted by atomic mass is 10.1. The van der Waals surface area contributed by atoms with Crippen LogP contribution in [0.2, 0.25) is 0 Å². The summed E-state index contributed by atoms with van der Waals surface area (Å²) in [5.74, 6) is 0.199. The number of carbonyl (C=O) groups is 1. The predicted molar refractivity (Wildman–Crippen MR) is 90.5 cm³/mol. The van der Waals surface area contributed by atoms with Gasteiger partial charge in [0.25, 0.3) is 5.56 Å². The smallest absolute Gasteiger partial charge is 0.332 e. The zero-order valence-corrected chi connectivity index (χ0v) is 14.5. The number of rotatable bonds is 4. The first kappa shape index (κ1) is 17.2. The SMILES string of the molecule is Cc1cc([C@H]2CCCN2CC(=O)c2c(N)n(C)c(=O)n(C)c2=O)on1. The maximum absolute atomic E-state index is 12.7. The van der Waals surface area contributed by atoms with Gasteiger partial charge >= 0.3 is 5.69 Å². The van der Waals surface area contributed by atoms with Gasteiger partial charge in [0.15, 0.2) is 11.5 Å². The monoisotopic (exact) mass is 347 g/mol. The molecule has 0 amide bonds. The van der Waals surface area contributed by atoms with Crippen LogP contribution in [0.1, 0.15) is 40.7 Å². The lowest BCUT2D eigenvalue weighted by molar-refractivity contribution is 0.0909. The minimum absolute atomic E-state index is 0.0298. The zero-order chi connectivity index (χ0) is 18.3. The van der Waals surface area contributed by atoms with Crippen LogP contribution in [0.5, 0.6) is 0 Å². The van der Waals surface area contributed by atoms with Gasteiger partial charge in [-0.05, 0) is 26.3 Å². The summed E-state index contributed by atoms with van der Waals surface area (Å²) in [6, 6.07) is 1.80. The van der Waals surface area contributed by atoms with E-state index in [1.165, 1.54) is 14.1 Å². The lowest BCUT2D eigenvalue weighted by Gasteiger charge is -2.21. The normalized spacial score (nSPS) is 18.0. The molecule has 0 bridgehead atoms. The Morgan fingerprint density at radius 2 is 2.08 bits per heavy atom. The minimum Gasteiger partial charge on any atom is -0.384 e. The van der Waals surface area contributed by atoms with Crippen molar-refractivity contribution < 1.29 is 9.32 Å². The highest BCUT2D eigenvalue weighted by atomic mass is 16.5. The fourth-order valence-corrected chi connectivity index (χ4v) is 3.26. The number of ketones is 1. The second-order valence-electron chi connectivity index (χ2n) is 6.39. The molecule has 0 unspecified atom stereocenters. The van der Waals surface area contributed by atoms with Crippen LogP contribution < -0.4 is 17.0 Å². The maximum Gasteiger partial charge on any atom is 0.332 e. The summed E-state index contributed by atoms with van der Waals surface area (Å²) in [6.07, 6.45) is 1.77. The highest BCUT2D eigenvalue weighted by Crippen LogP contribution is 2.32. The fourth-order valence-electron chi connectivity index (χ4n) is 3.26. The third kappa shape index (κ3) is 2.91. The predicted octanol–water partition coefficient (Wildman–Crippen LogP) is -0.0176. The molecule has 3 heterocycles. The number of Topliss-reactive ketones (excluding diaryl/α,β-unsaturated/α-hetero) is 1. The largest absolute Gasteiger partial charge is 0.384 e. The van der Waals surface area contributed by atoms with E-state index in [1.54, 1.807) is 0 Å². The first-order valence-corrected chi connectivity index (χ1v) is 8.07. The van der Waals surface area contributed by atoms with Gasteiger partial charge in [0.05, 0.1) is 18.3 Å². The molecule has 9 heteroatoms. The van der Waals surface area contributed by atoms with E-state index in [0.29, 0.717) is 12.3 Å². The second kappa shape index (κ2) is 6.32. The molecule has 0 aromatic carbocycles. The number of aromatic nitrogens is 3. The molecule has 2 N–H and O–H groups in total. The molecule has 1 atom stereocenters. The van der Waals surface area contributed by atoms with E-state index in [0.717, 1.165) is 27.7 Å². The zero-order valence-electron chi connectivity index (χ0n) is 14.5. The number of aryl methyl sites for hydroxylation is 1. The second-order valence-corrected chi connectivity index (χ2v) is 6.39. The lowest BCUT2D eigenvalue weighted by Crippen LogP contribution is -2.43. The van der Waals surface area contributed by atoms with Crippen molar-refractivity contribution in [2.75, 3.05) is 18.8 Å². The van der Waals surface area contributed by atoms with Gasteiger partial charge in [-0.1, -0.05) is 5.16 Å². The Morgan fingerprint density at radius 3 is 2.72 bits per heavy atom. The Balaban J connectivity index is 1.90. The van der Waals surface area contributed by atoms with Gasteiger partial charge in [-0.3, -0.25) is 23.6 Å². The minimum atomic E-state index is -0.670. The molecule has 3 rings (SSSR count). The van der Waals surface area contributed by atoms with Crippen LogP contribution in [-0.4, -0.2) is 38.1 Å². The topological polar surface area (TPSA) is 116 Å². The van der Waals surface area contributed by atoms with Crippen molar-refractivity contribution in [3.8, 4) is 0 Å². The third-order valence-electron chi connectivity index (χ3n) is 4.67. The molecular weight excluding hydrogens is 326 g/mol. The molecule has 134 valence electrons. The molecule has 1 saturated heterocycles. The Labute approximate surface area is 143 Å². The van der Waals surface area contributed by atoms with E-state index in [1.807, 2.05) is 17.9 Å². The number of likely N-dealkylation sites (tertiary alicyclic amines) is 1. The number of nitrogens with zero attached hydrogens (tertiary/aromatic N) is 4. The van der Waals surface area contributed by atoms with Crippen molar-refractivity contribution in [2.45, 2.75) is 25.8 Å². The molecule has 1 aliphatic rings. The van der Waals surface area contributed by atoms with Gasteiger partial charge < -0.3 is 10.3 Å². The summed E-state index contributed by atoms with van der Waals surface area (Å²) in [7, 11) is 2.76. The van der Waals surface area contributed by atoms with Crippen LogP contribution in [0.15, 0.2) is 20.2 Å². The number of anilines is 1. The highest BCUT2D eigenvalue weighted by molar-refractivity contribution is 6.01. The van der Waals surface area contributed by atoms with Gasteiger partial charge in [0, 0.05) is 20.2 Å². The van der Waals surface area contributed by atoms with Crippen LogP contribution in [0.3, 0.4) is 0 Å². The summed E-state index contributed by atoms with van der Waals surface area (Å²) in [5, 5.41) is 3.90. The maximum atomic E-state index is 12.7. The van der Waals surface area contributed by atoms with E-state index in [2.05, 4.69) is 5.16 Å². The van der Waals surface area contributed by atoms with Crippen LogP contribution in [0.25, 0.3) is 0 Å².